The van der Waals surface area contributed by atoms with Gasteiger partial charge in [-0.3, -0.25) is 4.79 Å². The van der Waals surface area contributed by atoms with Crippen molar-refractivity contribution in [1.82, 2.24) is 4.90 Å². The molecule has 3 atom stereocenters. The first-order valence-corrected chi connectivity index (χ1v) is 7.14. The highest BCUT2D eigenvalue weighted by atomic mass is 16.2. The van der Waals surface area contributed by atoms with Crippen LogP contribution in [0.3, 0.4) is 0 Å². The van der Waals surface area contributed by atoms with Crippen LogP contribution in [-0.2, 0) is 4.79 Å². The van der Waals surface area contributed by atoms with Gasteiger partial charge in [-0.1, -0.05) is 6.42 Å². The predicted molar refractivity (Wildman–Crippen MR) is 69.5 cm³/mol. The molecule has 3 heteroatoms. The Hall–Kier alpha value is -0.570. The molecule has 3 nitrogen and oxygen atoms in total. The van der Waals surface area contributed by atoms with Gasteiger partial charge in [-0.15, -0.1) is 0 Å². The Morgan fingerprint density at radius 1 is 1.35 bits per heavy atom. The lowest BCUT2D eigenvalue weighted by Gasteiger charge is -2.32. The zero-order chi connectivity index (χ0) is 12.4. The summed E-state index contributed by atoms with van der Waals surface area (Å²) in [4.78, 5) is 14.6. The molecular formula is C14H26N2O. The van der Waals surface area contributed by atoms with E-state index in [1.807, 2.05) is 0 Å². The van der Waals surface area contributed by atoms with Gasteiger partial charge in [-0.2, -0.15) is 0 Å². The highest BCUT2D eigenvalue weighted by Crippen LogP contribution is 2.48. The number of amides is 1. The SMILES string of the molecule is CC(C)N(CCCN)C(=O)C1CC2CCC1C2. The van der Waals surface area contributed by atoms with E-state index in [9.17, 15) is 4.79 Å². The Morgan fingerprint density at radius 2 is 2.12 bits per heavy atom. The van der Waals surface area contributed by atoms with Crippen molar-refractivity contribution in [3.05, 3.63) is 0 Å². The molecule has 0 aromatic heterocycles. The van der Waals surface area contributed by atoms with Crippen LogP contribution in [0.2, 0.25) is 0 Å². The lowest BCUT2D eigenvalue weighted by Crippen LogP contribution is -2.43. The first kappa shape index (κ1) is 12.9. The van der Waals surface area contributed by atoms with Gasteiger partial charge in [0.15, 0.2) is 0 Å². The molecule has 0 saturated heterocycles. The second-order valence-corrected chi connectivity index (χ2v) is 6.05. The van der Waals surface area contributed by atoms with E-state index in [4.69, 9.17) is 5.73 Å². The van der Waals surface area contributed by atoms with Crippen LogP contribution in [0.4, 0.5) is 0 Å². The number of hydrogen-bond acceptors (Lipinski definition) is 2. The van der Waals surface area contributed by atoms with Gasteiger partial charge in [0.05, 0.1) is 0 Å². The van der Waals surface area contributed by atoms with Gasteiger partial charge in [0.1, 0.15) is 0 Å². The summed E-state index contributed by atoms with van der Waals surface area (Å²) in [5.74, 6) is 2.26. The third kappa shape index (κ3) is 2.65. The fourth-order valence-electron chi connectivity index (χ4n) is 3.64. The Kier molecular flexibility index (Phi) is 4.08. The number of rotatable bonds is 5. The largest absolute Gasteiger partial charge is 0.340 e. The van der Waals surface area contributed by atoms with Gasteiger partial charge in [-0.25, -0.2) is 0 Å². The molecule has 2 aliphatic carbocycles. The predicted octanol–water partition coefficient (Wildman–Crippen LogP) is 2.01. The molecule has 3 unspecified atom stereocenters. The minimum absolute atomic E-state index is 0.313. The van der Waals surface area contributed by atoms with Crippen molar-refractivity contribution < 1.29 is 4.79 Å². The first-order valence-electron chi connectivity index (χ1n) is 7.14. The summed E-state index contributed by atoms with van der Waals surface area (Å²) in [6.07, 6.45) is 6.02. The van der Waals surface area contributed by atoms with Crippen molar-refractivity contribution in [3.63, 3.8) is 0 Å². The molecule has 0 aliphatic heterocycles. The fraction of sp³-hybridized carbons (Fsp3) is 0.929. The number of carbonyl (C=O) groups excluding carboxylic acids is 1. The Morgan fingerprint density at radius 3 is 2.59 bits per heavy atom. The van der Waals surface area contributed by atoms with E-state index in [0.29, 0.717) is 30.3 Å². The van der Waals surface area contributed by atoms with Crippen molar-refractivity contribution in [2.24, 2.45) is 23.5 Å². The summed E-state index contributed by atoms with van der Waals surface area (Å²) in [7, 11) is 0. The summed E-state index contributed by atoms with van der Waals surface area (Å²) in [5.41, 5.74) is 5.55. The van der Waals surface area contributed by atoms with Crippen LogP contribution in [0.15, 0.2) is 0 Å². The smallest absolute Gasteiger partial charge is 0.226 e. The highest BCUT2D eigenvalue weighted by molar-refractivity contribution is 5.80. The molecular weight excluding hydrogens is 212 g/mol. The first-order chi connectivity index (χ1) is 8.13. The zero-order valence-electron chi connectivity index (χ0n) is 11.2. The maximum atomic E-state index is 12.6. The van der Waals surface area contributed by atoms with Gasteiger partial charge in [0.25, 0.3) is 0 Å². The number of nitrogens with two attached hydrogens (primary N) is 1. The zero-order valence-corrected chi connectivity index (χ0v) is 11.2. The summed E-state index contributed by atoms with van der Waals surface area (Å²) >= 11 is 0. The Balaban J connectivity index is 1.96. The number of carbonyl (C=O) groups is 1. The van der Waals surface area contributed by atoms with Gasteiger partial charge in [-0.05, 0) is 57.9 Å². The lowest BCUT2D eigenvalue weighted by molar-refractivity contribution is -0.139. The van der Waals surface area contributed by atoms with Gasteiger partial charge in [0.2, 0.25) is 5.91 Å². The summed E-state index contributed by atoms with van der Waals surface area (Å²) in [6.45, 7) is 5.73. The van der Waals surface area contributed by atoms with Gasteiger partial charge in [0, 0.05) is 18.5 Å². The van der Waals surface area contributed by atoms with Crippen LogP contribution in [-0.4, -0.2) is 29.9 Å². The van der Waals surface area contributed by atoms with E-state index in [1.165, 1.54) is 19.3 Å². The third-order valence-electron chi connectivity index (χ3n) is 4.56. The van der Waals surface area contributed by atoms with Crippen LogP contribution in [0, 0.1) is 17.8 Å². The maximum Gasteiger partial charge on any atom is 0.226 e. The quantitative estimate of drug-likeness (QED) is 0.796. The topological polar surface area (TPSA) is 46.3 Å². The molecule has 2 aliphatic rings. The number of fused-ring (bicyclic) bond motifs is 2. The van der Waals surface area contributed by atoms with E-state index >= 15 is 0 Å². The van der Waals surface area contributed by atoms with E-state index in [-0.39, 0.29) is 0 Å². The van der Waals surface area contributed by atoms with Crippen molar-refractivity contribution in [2.75, 3.05) is 13.1 Å². The van der Waals surface area contributed by atoms with E-state index in [1.54, 1.807) is 0 Å². The van der Waals surface area contributed by atoms with Crippen LogP contribution in [0.5, 0.6) is 0 Å². The molecule has 1 amide bonds. The van der Waals surface area contributed by atoms with Crippen LogP contribution in [0.25, 0.3) is 0 Å². The van der Waals surface area contributed by atoms with Crippen molar-refractivity contribution >= 4 is 5.91 Å². The Bertz CT molecular complexity index is 277. The molecule has 0 aromatic carbocycles. The lowest BCUT2D eigenvalue weighted by atomic mass is 9.87. The average Bonchev–Trinajstić information content (AvgIpc) is 2.90. The number of nitrogens with zero attached hydrogens (tertiary/aromatic N) is 1. The van der Waals surface area contributed by atoms with Crippen LogP contribution >= 0.6 is 0 Å². The second-order valence-electron chi connectivity index (χ2n) is 6.05. The molecule has 0 heterocycles. The second kappa shape index (κ2) is 5.38. The minimum Gasteiger partial charge on any atom is -0.340 e. The van der Waals surface area contributed by atoms with E-state index in [2.05, 4.69) is 18.7 Å². The normalized spacial score (nSPS) is 31.2. The number of hydrogen-bond donors (Lipinski definition) is 1. The fourth-order valence-corrected chi connectivity index (χ4v) is 3.64. The van der Waals surface area contributed by atoms with Crippen LogP contribution < -0.4 is 5.73 Å². The van der Waals surface area contributed by atoms with Crippen molar-refractivity contribution in [1.29, 1.82) is 0 Å². The summed E-state index contributed by atoms with van der Waals surface area (Å²) in [6, 6.07) is 0.313. The minimum atomic E-state index is 0.313. The van der Waals surface area contributed by atoms with Crippen molar-refractivity contribution in [3.8, 4) is 0 Å². The molecule has 0 aromatic rings. The molecule has 2 rings (SSSR count). The highest BCUT2D eigenvalue weighted by Gasteiger charge is 2.44. The maximum absolute atomic E-state index is 12.6. The third-order valence-corrected chi connectivity index (χ3v) is 4.56. The molecule has 2 fully saturated rings. The molecule has 0 radical (unpaired) electrons. The Labute approximate surface area is 105 Å². The summed E-state index contributed by atoms with van der Waals surface area (Å²) in [5, 5.41) is 0. The molecule has 98 valence electrons. The van der Waals surface area contributed by atoms with Crippen molar-refractivity contribution in [2.45, 2.75) is 52.0 Å². The molecule has 0 spiro atoms. The monoisotopic (exact) mass is 238 g/mol. The molecule has 2 N–H and O–H groups in total. The van der Waals surface area contributed by atoms with E-state index < -0.39 is 0 Å². The van der Waals surface area contributed by atoms with Gasteiger partial charge < -0.3 is 10.6 Å². The molecule has 2 saturated carbocycles. The average molecular weight is 238 g/mol. The standard InChI is InChI=1S/C14H26N2O/c1-10(2)16(7-3-6-15)14(17)13-9-11-4-5-12(13)8-11/h10-13H,3-9,15H2,1-2H3. The summed E-state index contributed by atoms with van der Waals surface area (Å²) < 4.78 is 0. The van der Waals surface area contributed by atoms with Crippen LogP contribution in [0.1, 0.15) is 46.0 Å². The molecule has 17 heavy (non-hydrogen) atoms. The van der Waals surface area contributed by atoms with E-state index in [0.717, 1.165) is 25.3 Å². The van der Waals surface area contributed by atoms with Gasteiger partial charge >= 0.3 is 0 Å². The molecule has 2 bridgehead atoms.